The maximum Gasteiger partial charge on any atom is 0.237 e. The summed E-state index contributed by atoms with van der Waals surface area (Å²) in [6.07, 6.45) is 4.00. The fourth-order valence-corrected chi connectivity index (χ4v) is 3.60. The topological polar surface area (TPSA) is 64.4 Å². The molecule has 1 aliphatic heterocycles. The number of ether oxygens (including phenoxy) is 1. The lowest BCUT2D eigenvalue weighted by atomic mass is 9.91. The van der Waals surface area contributed by atoms with E-state index in [1.807, 2.05) is 6.07 Å². The number of benzene rings is 1. The van der Waals surface area contributed by atoms with Gasteiger partial charge in [-0.05, 0) is 49.3 Å². The van der Waals surface area contributed by atoms with Gasteiger partial charge in [0.25, 0.3) is 0 Å². The number of carbonyl (C=O) groups is 1. The first-order valence-electron chi connectivity index (χ1n) is 7.98. The van der Waals surface area contributed by atoms with E-state index >= 15 is 0 Å². The lowest BCUT2D eigenvalue weighted by Gasteiger charge is -2.27. The molecule has 0 bridgehead atoms. The smallest absolute Gasteiger partial charge is 0.237 e. The summed E-state index contributed by atoms with van der Waals surface area (Å²) in [4.78, 5) is 12.3. The van der Waals surface area contributed by atoms with Crippen LogP contribution in [-0.2, 0) is 14.9 Å². The summed E-state index contributed by atoms with van der Waals surface area (Å²) < 4.78 is 6.42. The molecule has 1 saturated heterocycles. The second-order valence-corrected chi connectivity index (χ2v) is 7.40. The summed E-state index contributed by atoms with van der Waals surface area (Å²) in [5.41, 5.74) is 7.53. The minimum Gasteiger partial charge on any atom is -0.381 e. The first-order valence-corrected chi connectivity index (χ1v) is 8.77. The molecule has 22 heavy (non-hydrogen) atoms. The molecule has 3 rings (SSSR count). The molecule has 1 saturated carbocycles. The van der Waals surface area contributed by atoms with Gasteiger partial charge in [0.2, 0.25) is 5.91 Å². The minimum atomic E-state index is -0.415. The molecule has 1 amide bonds. The molecular formula is C17H23BrN2O2. The highest BCUT2D eigenvalue weighted by Crippen LogP contribution is 2.48. The maximum absolute atomic E-state index is 12.3. The van der Waals surface area contributed by atoms with Gasteiger partial charge in [0.05, 0.1) is 6.04 Å². The van der Waals surface area contributed by atoms with Crippen molar-refractivity contribution in [3.05, 3.63) is 34.3 Å². The highest BCUT2D eigenvalue weighted by Gasteiger charge is 2.44. The monoisotopic (exact) mass is 366 g/mol. The highest BCUT2D eigenvalue weighted by atomic mass is 79.9. The molecule has 120 valence electrons. The van der Waals surface area contributed by atoms with Crippen molar-refractivity contribution in [1.29, 1.82) is 0 Å². The number of rotatable bonds is 5. The Labute approximate surface area is 139 Å². The van der Waals surface area contributed by atoms with Gasteiger partial charge in [-0.1, -0.05) is 28.1 Å². The Kier molecular flexibility index (Phi) is 4.85. The molecule has 5 heteroatoms. The van der Waals surface area contributed by atoms with Crippen LogP contribution in [0.3, 0.4) is 0 Å². The summed E-state index contributed by atoms with van der Waals surface area (Å²) in [7, 11) is 0. The normalized spacial score (nSPS) is 22.1. The molecule has 1 aromatic carbocycles. The minimum absolute atomic E-state index is 0.0202. The van der Waals surface area contributed by atoms with Crippen LogP contribution in [0.5, 0.6) is 0 Å². The number of hydrogen-bond acceptors (Lipinski definition) is 3. The first kappa shape index (κ1) is 16.0. The van der Waals surface area contributed by atoms with Crippen LogP contribution in [0.2, 0.25) is 0 Å². The average Bonchev–Trinajstić information content (AvgIpc) is 3.34. The predicted octanol–water partition coefficient (Wildman–Crippen LogP) is 2.35. The quantitative estimate of drug-likeness (QED) is 0.840. The van der Waals surface area contributed by atoms with Crippen LogP contribution < -0.4 is 11.1 Å². The summed E-state index contributed by atoms with van der Waals surface area (Å²) in [6.45, 7) is 2.11. The van der Waals surface area contributed by atoms with Gasteiger partial charge < -0.3 is 15.8 Å². The van der Waals surface area contributed by atoms with E-state index in [-0.39, 0.29) is 17.2 Å². The van der Waals surface area contributed by atoms with Crippen LogP contribution in [0.15, 0.2) is 28.7 Å². The molecule has 0 radical (unpaired) electrons. The second kappa shape index (κ2) is 6.69. The zero-order valence-corrected chi connectivity index (χ0v) is 14.3. The van der Waals surface area contributed by atoms with Crippen molar-refractivity contribution in [3.8, 4) is 0 Å². The number of carbonyl (C=O) groups excluding carboxylic acids is 1. The van der Waals surface area contributed by atoms with Crippen molar-refractivity contribution in [2.45, 2.75) is 37.1 Å². The molecule has 0 spiro atoms. The Balaban J connectivity index is 1.56. The van der Waals surface area contributed by atoms with Gasteiger partial charge in [-0.15, -0.1) is 0 Å². The Morgan fingerprint density at radius 3 is 2.77 bits per heavy atom. The summed E-state index contributed by atoms with van der Waals surface area (Å²) in [5, 5.41) is 3.08. The Morgan fingerprint density at radius 2 is 2.14 bits per heavy atom. The van der Waals surface area contributed by atoms with Gasteiger partial charge in [-0.3, -0.25) is 4.79 Å². The van der Waals surface area contributed by atoms with E-state index in [0.717, 1.165) is 30.2 Å². The fourth-order valence-electron chi connectivity index (χ4n) is 3.20. The van der Waals surface area contributed by atoms with Crippen LogP contribution in [0.4, 0.5) is 0 Å². The predicted molar refractivity (Wildman–Crippen MR) is 89.6 cm³/mol. The van der Waals surface area contributed by atoms with Gasteiger partial charge >= 0.3 is 0 Å². The first-order chi connectivity index (χ1) is 10.6. The molecule has 1 unspecified atom stereocenters. The van der Waals surface area contributed by atoms with E-state index in [1.54, 1.807) is 0 Å². The molecule has 4 nitrogen and oxygen atoms in total. The Bertz CT molecular complexity index is 539. The molecule has 3 N–H and O–H groups in total. The van der Waals surface area contributed by atoms with Crippen LogP contribution >= 0.6 is 15.9 Å². The third-order valence-electron chi connectivity index (χ3n) is 4.97. The van der Waals surface area contributed by atoms with Crippen LogP contribution in [0.1, 0.15) is 31.2 Å². The fraction of sp³-hybridized carbons (Fsp3) is 0.588. The maximum atomic E-state index is 12.3. The van der Waals surface area contributed by atoms with Crippen LogP contribution in [-0.4, -0.2) is 31.7 Å². The molecule has 2 aliphatic rings. The van der Waals surface area contributed by atoms with E-state index in [2.05, 4.69) is 39.4 Å². The lowest BCUT2D eigenvalue weighted by molar-refractivity contribution is -0.124. The van der Waals surface area contributed by atoms with E-state index in [1.165, 1.54) is 5.56 Å². The Morgan fingerprint density at radius 1 is 1.41 bits per heavy atom. The Hall–Kier alpha value is -0.910. The van der Waals surface area contributed by atoms with E-state index < -0.39 is 6.04 Å². The third kappa shape index (κ3) is 3.53. The SMILES string of the molecule is NC(C(=O)NCC1(c2cccc(Br)c2)CC1)C1CCOCC1. The van der Waals surface area contributed by atoms with E-state index in [0.29, 0.717) is 19.8 Å². The molecule has 1 atom stereocenters. The van der Waals surface area contributed by atoms with Crippen molar-refractivity contribution in [2.24, 2.45) is 11.7 Å². The standard InChI is InChI=1S/C17H23BrN2O2/c18-14-3-1-2-13(10-14)17(6-7-17)11-20-16(21)15(19)12-4-8-22-9-5-12/h1-3,10,12,15H,4-9,11,19H2,(H,20,21). The lowest BCUT2D eigenvalue weighted by Crippen LogP contribution is -2.48. The van der Waals surface area contributed by atoms with Gasteiger partial charge in [0.15, 0.2) is 0 Å². The largest absolute Gasteiger partial charge is 0.381 e. The van der Waals surface area contributed by atoms with Crippen LogP contribution in [0, 0.1) is 5.92 Å². The van der Waals surface area contributed by atoms with Crippen molar-refractivity contribution >= 4 is 21.8 Å². The van der Waals surface area contributed by atoms with Crippen molar-refractivity contribution in [3.63, 3.8) is 0 Å². The number of nitrogens with one attached hydrogen (secondary N) is 1. The zero-order valence-electron chi connectivity index (χ0n) is 12.7. The molecular weight excluding hydrogens is 344 g/mol. The van der Waals surface area contributed by atoms with Crippen molar-refractivity contribution < 1.29 is 9.53 Å². The molecule has 1 aromatic rings. The summed E-state index contributed by atoms with van der Waals surface area (Å²) in [6, 6.07) is 7.95. The van der Waals surface area contributed by atoms with Gasteiger partial charge in [-0.2, -0.15) is 0 Å². The molecule has 1 heterocycles. The van der Waals surface area contributed by atoms with Crippen LogP contribution in [0.25, 0.3) is 0 Å². The zero-order chi connectivity index (χ0) is 15.6. The van der Waals surface area contributed by atoms with E-state index in [9.17, 15) is 4.79 Å². The number of halogens is 1. The molecule has 1 aliphatic carbocycles. The summed E-state index contributed by atoms with van der Waals surface area (Å²) in [5.74, 6) is 0.225. The molecule has 2 fully saturated rings. The van der Waals surface area contributed by atoms with Gasteiger partial charge in [-0.25, -0.2) is 0 Å². The number of hydrogen-bond donors (Lipinski definition) is 2. The number of amides is 1. The highest BCUT2D eigenvalue weighted by molar-refractivity contribution is 9.10. The summed E-state index contributed by atoms with van der Waals surface area (Å²) >= 11 is 3.52. The second-order valence-electron chi connectivity index (χ2n) is 6.48. The third-order valence-corrected chi connectivity index (χ3v) is 5.46. The van der Waals surface area contributed by atoms with Gasteiger partial charge in [0.1, 0.15) is 0 Å². The van der Waals surface area contributed by atoms with Crippen molar-refractivity contribution in [1.82, 2.24) is 5.32 Å². The molecule has 0 aromatic heterocycles. The van der Waals surface area contributed by atoms with Crippen molar-refractivity contribution in [2.75, 3.05) is 19.8 Å². The van der Waals surface area contributed by atoms with E-state index in [4.69, 9.17) is 10.5 Å². The average molecular weight is 367 g/mol. The van der Waals surface area contributed by atoms with Gasteiger partial charge in [0, 0.05) is 29.6 Å². The number of nitrogens with two attached hydrogens (primary N) is 1.